The highest BCUT2D eigenvalue weighted by atomic mass is 32.2. The first-order valence-corrected chi connectivity index (χ1v) is 5.38. The van der Waals surface area contributed by atoms with Crippen molar-refractivity contribution in [3.8, 4) is 0 Å². The number of hydrogen-bond donors (Lipinski definition) is 0. The fourth-order valence-electron chi connectivity index (χ4n) is 1.24. The van der Waals surface area contributed by atoms with Crippen molar-refractivity contribution in [3.05, 3.63) is 23.5 Å². The van der Waals surface area contributed by atoms with E-state index in [1.165, 1.54) is 16.2 Å². The van der Waals surface area contributed by atoms with E-state index < -0.39 is 0 Å². The van der Waals surface area contributed by atoms with Gasteiger partial charge in [0.25, 0.3) is 0 Å². The standard InChI is InChI=1S/C10H15NS/c1-7(2)9-10(12-4)8(3)5-6-11-9/h5-7H,1-4H3. The van der Waals surface area contributed by atoms with Gasteiger partial charge in [-0.2, -0.15) is 0 Å². The first kappa shape index (κ1) is 9.59. The summed E-state index contributed by atoms with van der Waals surface area (Å²) in [5.41, 5.74) is 2.56. The van der Waals surface area contributed by atoms with Crippen LogP contribution in [0.2, 0.25) is 0 Å². The van der Waals surface area contributed by atoms with Crippen LogP contribution in [-0.2, 0) is 0 Å². The Morgan fingerprint density at radius 3 is 2.50 bits per heavy atom. The number of rotatable bonds is 2. The van der Waals surface area contributed by atoms with Gasteiger partial charge >= 0.3 is 0 Å². The lowest BCUT2D eigenvalue weighted by molar-refractivity contribution is 0.790. The molecular formula is C10H15NS. The molecule has 12 heavy (non-hydrogen) atoms. The fraction of sp³-hybridized carbons (Fsp3) is 0.500. The van der Waals surface area contributed by atoms with Crippen LogP contribution >= 0.6 is 11.8 Å². The number of nitrogens with zero attached hydrogens (tertiary/aromatic N) is 1. The van der Waals surface area contributed by atoms with Crippen LogP contribution in [0.1, 0.15) is 31.0 Å². The topological polar surface area (TPSA) is 12.9 Å². The van der Waals surface area contributed by atoms with Crippen LogP contribution in [0, 0.1) is 6.92 Å². The highest BCUT2D eigenvalue weighted by molar-refractivity contribution is 7.98. The third-order valence-electron chi connectivity index (χ3n) is 1.88. The van der Waals surface area contributed by atoms with E-state index in [0.717, 1.165) is 0 Å². The van der Waals surface area contributed by atoms with E-state index in [4.69, 9.17) is 0 Å². The molecule has 0 atom stereocenters. The molecule has 0 radical (unpaired) electrons. The molecule has 66 valence electrons. The molecular weight excluding hydrogens is 166 g/mol. The molecule has 0 saturated carbocycles. The highest BCUT2D eigenvalue weighted by Crippen LogP contribution is 2.27. The molecule has 0 aliphatic carbocycles. The van der Waals surface area contributed by atoms with Gasteiger partial charge in [0.2, 0.25) is 0 Å². The van der Waals surface area contributed by atoms with Gasteiger partial charge in [0, 0.05) is 11.1 Å². The second kappa shape index (κ2) is 3.94. The minimum absolute atomic E-state index is 0.521. The van der Waals surface area contributed by atoms with E-state index in [0.29, 0.717) is 5.92 Å². The molecule has 1 heterocycles. The summed E-state index contributed by atoms with van der Waals surface area (Å²) < 4.78 is 0. The summed E-state index contributed by atoms with van der Waals surface area (Å²) in [5, 5.41) is 0. The van der Waals surface area contributed by atoms with Crippen molar-refractivity contribution >= 4 is 11.8 Å². The van der Waals surface area contributed by atoms with Crippen LogP contribution in [0.25, 0.3) is 0 Å². The molecule has 0 saturated heterocycles. The second-order valence-corrected chi connectivity index (χ2v) is 4.02. The van der Waals surface area contributed by atoms with E-state index in [1.807, 2.05) is 6.20 Å². The van der Waals surface area contributed by atoms with Crippen molar-refractivity contribution in [3.63, 3.8) is 0 Å². The zero-order chi connectivity index (χ0) is 9.14. The van der Waals surface area contributed by atoms with E-state index in [-0.39, 0.29) is 0 Å². The summed E-state index contributed by atoms with van der Waals surface area (Å²) in [7, 11) is 0. The fourth-order valence-corrected chi connectivity index (χ4v) is 2.13. The van der Waals surface area contributed by atoms with Crippen LogP contribution < -0.4 is 0 Å². The molecule has 1 aromatic rings. The zero-order valence-electron chi connectivity index (χ0n) is 8.09. The predicted octanol–water partition coefficient (Wildman–Crippen LogP) is 3.24. The molecule has 0 spiro atoms. The average Bonchev–Trinajstić information content (AvgIpc) is 2.03. The molecule has 0 N–H and O–H groups in total. The second-order valence-electron chi connectivity index (χ2n) is 3.20. The van der Waals surface area contributed by atoms with E-state index in [9.17, 15) is 0 Å². The molecule has 1 aromatic heterocycles. The van der Waals surface area contributed by atoms with Gasteiger partial charge in [-0.15, -0.1) is 11.8 Å². The van der Waals surface area contributed by atoms with E-state index in [2.05, 4.69) is 38.1 Å². The van der Waals surface area contributed by atoms with Gasteiger partial charge in [-0.1, -0.05) is 13.8 Å². The van der Waals surface area contributed by atoms with Crippen LogP contribution in [0.5, 0.6) is 0 Å². The van der Waals surface area contributed by atoms with E-state index in [1.54, 1.807) is 11.8 Å². The molecule has 0 bridgehead atoms. The molecule has 2 heteroatoms. The predicted molar refractivity (Wildman–Crippen MR) is 54.8 cm³/mol. The molecule has 1 rings (SSSR count). The Balaban J connectivity index is 3.18. The third kappa shape index (κ3) is 1.81. The van der Waals surface area contributed by atoms with Crippen LogP contribution in [0.4, 0.5) is 0 Å². The van der Waals surface area contributed by atoms with Crippen LogP contribution in [-0.4, -0.2) is 11.2 Å². The van der Waals surface area contributed by atoms with Gasteiger partial charge in [-0.05, 0) is 30.7 Å². The Hall–Kier alpha value is -0.500. The molecule has 0 aliphatic rings. The largest absolute Gasteiger partial charge is 0.260 e. The molecule has 0 aromatic carbocycles. The quantitative estimate of drug-likeness (QED) is 0.650. The highest BCUT2D eigenvalue weighted by Gasteiger charge is 2.08. The molecule has 0 fully saturated rings. The maximum atomic E-state index is 4.39. The Bertz CT molecular complexity index is 269. The van der Waals surface area contributed by atoms with Crippen LogP contribution in [0.15, 0.2) is 17.2 Å². The Labute approximate surface area is 78.6 Å². The monoisotopic (exact) mass is 181 g/mol. The lowest BCUT2D eigenvalue weighted by Crippen LogP contribution is -1.96. The molecule has 1 nitrogen and oxygen atoms in total. The van der Waals surface area contributed by atoms with E-state index >= 15 is 0 Å². The first-order chi connectivity index (χ1) is 5.66. The van der Waals surface area contributed by atoms with Gasteiger partial charge < -0.3 is 0 Å². The van der Waals surface area contributed by atoms with Crippen molar-refractivity contribution in [2.24, 2.45) is 0 Å². The number of hydrogen-bond acceptors (Lipinski definition) is 2. The number of pyridine rings is 1. The van der Waals surface area contributed by atoms with Crippen molar-refractivity contribution in [2.45, 2.75) is 31.6 Å². The van der Waals surface area contributed by atoms with Crippen LogP contribution in [0.3, 0.4) is 0 Å². The lowest BCUT2D eigenvalue weighted by atomic mass is 10.1. The average molecular weight is 181 g/mol. The minimum Gasteiger partial charge on any atom is -0.260 e. The Morgan fingerprint density at radius 2 is 2.08 bits per heavy atom. The van der Waals surface area contributed by atoms with Crippen molar-refractivity contribution in [1.29, 1.82) is 0 Å². The number of aryl methyl sites for hydroxylation is 1. The van der Waals surface area contributed by atoms with Gasteiger partial charge in [-0.25, -0.2) is 0 Å². The van der Waals surface area contributed by atoms with Crippen molar-refractivity contribution < 1.29 is 0 Å². The minimum atomic E-state index is 0.521. The maximum absolute atomic E-state index is 4.39. The lowest BCUT2D eigenvalue weighted by Gasteiger charge is -2.11. The normalized spacial score (nSPS) is 10.8. The smallest absolute Gasteiger partial charge is 0.0567 e. The summed E-state index contributed by atoms with van der Waals surface area (Å²) in [4.78, 5) is 5.73. The SMILES string of the molecule is CSc1c(C)ccnc1C(C)C. The first-order valence-electron chi connectivity index (χ1n) is 4.16. The number of aromatic nitrogens is 1. The van der Waals surface area contributed by atoms with Gasteiger partial charge in [0.05, 0.1) is 5.69 Å². The molecule has 0 unspecified atom stereocenters. The van der Waals surface area contributed by atoms with Gasteiger partial charge in [0.1, 0.15) is 0 Å². The van der Waals surface area contributed by atoms with Gasteiger partial charge in [-0.3, -0.25) is 4.98 Å². The maximum Gasteiger partial charge on any atom is 0.0567 e. The van der Waals surface area contributed by atoms with Crippen molar-refractivity contribution in [1.82, 2.24) is 4.98 Å². The summed E-state index contributed by atoms with van der Waals surface area (Å²) in [6.45, 7) is 6.50. The summed E-state index contributed by atoms with van der Waals surface area (Å²) in [5.74, 6) is 0.521. The molecule has 0 aliphatic heterocycles. The molecule has 0 amide bonds. The summed E-state index contributed by atoms with van der Waals surface area (Å²) in [6, 6.07) is 2.07. The Kier molecular flexibility index (Phi) is 3.15. The summed E-state index contributed by atoms with van der Waals surface area (Å²) >= 11 is 1.79. The van der Waals surface area contributed by atoms with Crippen molar-refractivity contribution in [2.75, 3.05) is 6.26 Å². The number of thioether (sulfide) groups is 1. The Morgan fingerprint density at radius 1 is 1.42 bits per heavy atom. The zero-order valence-corrected chi connectivity index (χ0v) is 8.90. The summed E-state index contributed by atoms with van der Waals surface area (Å²) in [6.07, 6.45) is 4.00. The third-order valence-corrected chi connectivity index (χ3v) is 2.82. The van der Waals surface area contributed by atoms with Gasteiger partial charge in [0.15, 0.2) is 0 Å².